The molecule has 0 radical (unpaired) electrons. The number of amides is 1. The lowest BCUT2D eigenvalue weighted by Gasteiger charge is -2.20. The second kappa shape index (κ2) is 8.34. The summed E-state index contributed by atoms with van der Waals surface area (Å²) < 4.78 is 32.8. The van der Waals surface area contributed by atoms with Crippen molar-refractivity contribution in [2.75, 3.05) is 25.4 Å². The van der Waals surface area contributed by atoms with Crippen LogP contribution in [0.2, 0.25) is 0 Å². The van der Waals surface area contributed by atoms with Crippen molar-refractivity contribution in [3.8, 4) is 5.75 Å². The van der Waals surface area contributed by atoms with Crippen LogP contribution in [-0.2, 0) is 4.79 Å². The molecular weight excluding hydrogens is 344 g/mol. The van der Waals surface area contributed by atoms with Crippen molar-refractivity contribution in [2.24, 2.45) is 0 Å². The molecule has 0 N–H and O–H groups in total. The molecule has 1 heterocycles. The molecule has 6 heteroatoms. The van der Waals surface area contributed by atoms with E-state index in [9.17, 15) is 13.6 Å². The van der Waals surface area contributed by atoms with Crippen LogP contribution in [0.25, 0.3) is 0 Å². The lowest BCUT2D eigenvalue weighted by atomic mass is 10.1. The molecule has 0 saturated carbocycles. The fraction of sp³-hybridized carbons (Fsp3) is 0.316. The Morgan fingerprint density at radius 1 is 1.08 bits per heavy atom. The third-order valence-corrected chi connectivity index (χ3v) is 5.44. The Hall–Kier alpha value is -2.08. The van der Waals surface area contributed by atoms with Gasteiger partial charge in [-0.25, -0.2) is 8.78 Å². The van der Waals surface area contributed by atoms with E-state index in [0.29, 0.717) is 25.1 Å². The SMILES string of the molecule is O=C(COc1ccccc1F)N1CCSC(c2ccccc2F)CC1. The summed E-state index contributed by atoms with van der Waals surface area (Å²) in [5.41, 5.74) is 0.685. The summed E-state index contributed by atoms with van der Waals surface area (Å²) in [7, 11) is 0. The average molecular weight is 363 g/mol. The van der Waals surface area contributed by atoms with Crippen molar-refractivity contribution in [1.29, 1.82) is 0 Å². The minimum Gasteiger partial charge on any atom is -0.481 e. The van der Waals surface area contributed by atoms with Gasteiger partial charge in [0, 0.05) is 29.7 Å². The fourth-order valence-corrected chi connectivity index (χ4v) is 4.05. The van der Waals surface area contributed by atoms with Gasteiger partial charge >= 0.3 is 0 Å². The van der Waals surface area contributed by atoms with E-state index in [1.165, 1.54) is 18.2 Å². The van der Waals surface area contributed by atoms with Crippen LogP contribution in [0.1, 0.15) is 17.2 Å². The number of hydrogen-bond donors (Lipinski definition) is 0. The Morgan fingerprint density at radius 2 is 1.80 bits per heavy atom. The van der Waals surface area contributed by atoms with Gasteiger partial charge in [-0.2, -0.15) is 11.8 Å². The second-order valence-corrected chi connectivity index (χ2v) is 7.08. The Labute approximate surface area is 150 Å². The number of hydrogen-bond acceptors (Lipinski definition) is 3. The van der Waals surface area contributed by atoms with Gasteiger partial charge in [0.15, 0.2) is 18.2 Å². The van der Waals surface area contributed by atoms with Crippen LogP contribution in [0.15, 0.2) is 48.5 Å². The maximum absolute atomic E-state index is 14.0. The lowest BCUT2D eigenvalue weighted by molar-refractivity contribution is -0.133. The lowest BCUT2D eigenvalue weighted by Crippen LogP contribution is -2.36. The molecule has 3 nitrogen and oxygen atoms in total. The largest absolute Gasteiger partial charge is 0.481 e. The van der Waals surface area contributed by atoms with E-state index in [-0.39, 0.29) is 29.3 Å². The standard InChI is InChI=1S/C19H19F2NO2S/c20-15-6-2-1-5-14(15)18-9-10-22(11-12-25-18)19(23)13-24-17-8-4-3-7-16(17)21/h1-8,18H,9-13H2. The molecule has 132 valence electrons. The van der Waals surface area contributed by atoms with Crippen LogP contribution in [0.3, 0.4) is 0 Å². The van der Waals surface area contributed by atoms with Gasteiger partial charge in [0.2, 0.25) is 0 Å². The maximum Gasteiger partial charge on any atom is 0.260 e. The fourth-order valence-electron chi connectivity index (χ4n) is 2.80. The normalized spacial score (nSPS) is 17.8. The van der Waals surface area contributed by atoms with Gasteiger partial charge in [-0.15, -0.1) is 0 Å². The molecule has 0 aliphatic carbocycles. The van der Waals surface area contributed by atoms with E-state index < -0.39 is 5.82 Å². The topological polar surface area (TPSA) is 29.5 Å². The Bertz CT molecular complexity index is 741. The first kappa shape index (κ1) is 17.7. The zero-order chi connectivity index (χ0) is 17.6. The van der Waals surface area contributed by atoms with Gasteiger partial charge in [0.1, 0.15) is 5.82 Å². The molecule has 2 aromatic rings. The highest BCUT2D eigenvalue weighted by molar-refractivity contribution is 7.99. The Morgan fingerprint density at radius 3 is 2.56 bits per heavy atom. The van der Waals surface area contributed by atoms with Gasteiger partial charge in [0.05, 0.1) is 0 Å². The first-order chi connectivity index (χ1) is 12.1. The Balaban J connectivity index is 1.56. The number of ether oxygens (including phenoxy) is 1. The zero-order valence-corrected chi connectivity index (χ0v) is 14.5. The molecule has 1 aliphatic heterocycles. The summed E-state index contributed by atoms with van der Waals surface area (Å²) in [6.07, 6.45) is 0.678. The number of para-hydroxylation sites is 1. The van der Waals surface area contributed by atoms with Gasteiger partial charge in [0.25, 0.3) is 5.91 Å². The molecule has 3 rings (SSSR count). The highest BCUT2D eigenvalue weighted by Gasteiger charge is 2.24. The predicted molar refractivity (Wildman–Crippen MR) is 94.7 cm³/mol. The quantitative estimate of drug-likeness (QED) is 0.821. The van der Waals surface area contributed by atoms with Crippen molar-refractivity contribution in [1.82, 2.24) is 4.90 Å². The minimum absolute atomic E-state index is 0.0338. The number of carbonyl (C=O) groups is 1. The van der Waals surface area contributed by atoms with Crippen LogP contribution in [0.5, 0.6) is 5.75 Å². The highest BCUT2D eigenvalue weighted by atomic mass is 32.2. The molecule has 1 atom stereocenters. The molecule has 0 aromatic heterocycles. The summed E-state index contributed by atoms with van der Waals surface area (Å²) in [6.45, 7) is 0.913. The number of nitrogens with zero attached hydrogens (tertiary/aromatic N) is 1. The van der Waals surface area contributed by atoms with Gasteiger partial charge in [-0.3, -0.25) is 4.79 Å². The predicted octanol–water partition coefficient (Wildman–Crippen LogP) is 4.05. The number of rotatable bonds is 4. The molecule has 0 spiro atoms. The highest BCUT2D eigenvalue weighted by Crippen LogP contribution is 2.35. The van der Waals surface area contributed by atoms with Gasteiger partial charge in [-0.1, -0.05) is 30.3 Å². The van der Waals surface area contributed by atoms with Gasteiger partial charge in [-0.05, 0) is 24.6 Å². The number of thioether (sulfide) groups is 1. The summed E-state index contributed by atoms with van der Waals surface area (Å²) in [6, 6.07) is 12.8. The van der Waals surface area contributed by atoms with E-state index in [1.54, 1.807) is 40.9 Å². The molecule has 2 aromatic carbocycles. The summed E-state index contributed by atoms with van der Waals surface area (Å²) in [5, 5.41) is 0.0338. The third-order valence-electron chi connectivity index (χ3n) is 4.13. The monoisotopic (exact) mass is 363 g/mol. The first-order valence-electron chi connectivity index (χ1n) is 8.16. The molecule has 1 aliphatic rings. The molecule has 1 saturated heterocycles. The molecule has 25 heavy (non-hydrogen) atoms. The molecule has 0 bridgehead atoms. The van der Waals surface area contributed by atoms with E-state index in [4.69, 9.17) is 4.74 Å². The van der Waals surface area contributed by atoms with E-state index in [0.717, 1.165) is 5.75 Å². The second-order valence-electron chi connectivity index (χ2n) is 5.77. The number of carbonyl (C=O) groups excluding carboxylic acids is 1. The smallest absolute Gasteiger partial charge is 0.260 e. The zero-order valence-electron chi connectivity index (χ0n) is 13.7. The van der Waals surface area contributed by atoms with E-state index in [1.807, 2.05) is 6.07 Å². The van der Waals surface area contributed by atoms with Crippen molar-refractivity contribution < 1.29 is 18.3 Å². The molecular formula is C19H19F2NO2S. The molecule has 1 unspecified atom stereocenters. The first-order valence-corrected chi connectivity index (χ1v) is 9.21. The van der Waals surface area contributed by atoms with Crippen molar-refractivity contribution >= 4 is 17.7 Å². The van der Waals surface area contributed by atoms with Crippen molar-refractivity contribution in [3.63, 3.8) is 0 Å². The van der Waals surface area contributed by atoms with Crippen LogP contribution in [0.4, 0.5) is 8.78 Å². The third kappa shape index (κ3) is 4.51. The number of benzene rings is 2. The van der Waals surface area contributed by atoms with Crippen LogP contribution in [-0.4, -0.2) is 36.3 Å². The van der Waals surface area contributed by atoms with Crippen LogP contribution in [0, 0.1) is 11.6 Å². The summed E-state index contributed by atoms with van der Waals surface area (Å²) in [4.78, 5) is 14.0. The summed E-state index contributed by atoms with van der Waals surface area (Å²) >= 11 is 1.65. The van der Waals surface area contributed by atoms with Crippen molar-refractivity contribution in [3.05, 3.63) is 65.7 Å². The summed E-state index contributed by atoms with van der Waals surface area (Å²) in [5.74, 6) is -0.0731. The number of halogens is 2. The van der Waals surface area contributed by atoms with Crippen LogP contribution >= 0.6 is 11.8 Å². The molecule has 1 fully saturated rings. The minimum atomic E-state index is -0.485. The van der Waals surface area contributed by atoms with E-state index in [2.05, 4.69) is 0 Å². The van der Waals surface area contributed by atoms with E-state index >= 15 is 0 Å². The maximum atomic E-state index is 14.0. The molecule has 1 amide bonds. The average Bonchev–Trinajstić information content (AvgIpc) is 2.87. The van der Waals surface area contributed by atoms with Crippen LogP contribution < -0.4 is 4.74 Å². The van der Waals surface area contributed by atoms with Gasteiger partial charge < -0.3 is 9.64 Å². The van der Waals surface area contributed by atoms with Crippen molar-refractivity contribution in [2.45, 2.75) is 11.7 Å². The Kier molecular flexibility index (Phi) is 5.91.